The third kappa shape index (κ3) is 8.83. The van der Waals surface area contributed by atoms with E-state index in [9.17, 15) is 0 Å². The summed E-state index contributed by atoms with van der Waals surface area (Å²) in [6.45, 7) is 11.8. The molecule has 160 valence electrons. The van der Waals surface area contributed by atoms with Gasteiger partial charge in [0, 0.05) is 32.7 Å². The molecule has 2 rings (SSSR count). The average Bonchev–Trinajstić information content (AvgIpc) is 2.71. The van der Waals surface area contributed by atoms with Crippen molar-refractivity contribution in [1.82, 2.24) is 15.5 Å². The van der Waals surface area contributed by atoms with Crippen molar-refractivity contribution in [3.05, 3.63) is 23.8 Å². The maximum Gasteiger partial charge on any atom is 0.191 e. The molecule has 0 spiro atoms. The van der Waals surface area contributed by atoms with Crippen LogP contribution in [0, 0.1) is 0 Å². The van der Waals surface area contributed by atoms with Crippen molar-refractivity contribution in [2.75, 3.05) is 59.7 Å². The smallest absolute Gasteiger partial charge is 0.191 e. The molecule has 28 heavy (non-hydrogen) atoms. The van der Waals surface area contributed by atoms with Crippen LogP contribution in [0.5, 0.6) is 11.5 Å². The first kappa shape index (κ1) is 24.8. The molecule has 1 aliphatic heterocycles. The number of methoxy groups -OCH3 is 1. The average molecular weight is 506 g/mol. The monoisotopic (exact) mass is 506 g/mol. The Balaban J connectivity index is 0.00000392. The first-order chi connectivity index (χ1) is 13.3. The molecule has 1 fully saturated rings. The molecule has 0 unspecified atom stereocenters. The van der Waals surface area contributed by atoms with Gasteiger partial charge in [-0.3, -0.25) is 4.90 Å². The van der Waals surface area contributed by atoms with E-state index in [-0.39, 0.29) is 24.0 Å². The van der Waals surface area contributed by atoms with Crippen molar-refractivity contribution in [1.29, 1.82) is 0 Å². The van der Waals surface area contributed by atoms with Crippen LogP contribution in [0.2, 0.25) is 0 Å². The molecule has 0 radical (unpaired) electrons. The Morgan fingerprint density at radius 1 is 1.18 bits per heavy atom. The zero-order valence-corrected chi connectivity index (χ0v) is 19.7. The van der Waals surface area contributed by atoms with Gasteiger partial charge in [0.2, 0.25) is 0 Å². The molecule has 0 aromatic heterocycles. The maximum atomic E-state index is 5.71. The number of aliphatic imine (C=N–C) groups is 1. The Labute approximate surface area is 186 Å². The molecule has 1 aliphatic rings. The molecule has 0 aliphatic carbocycles. The number of guanidine groups is 1. The lowest BCUT2D eigenvalue weighted by Crippen LogP contribution is -2.44. The molecule has 8 heteroatoms. The molecule has 1 aromatic rings. The summed E-state index contributed by atoms with van der Waals surface area (Å²) in [5.41, 5.74) is 1.08. The van der Waals surface area contributed by atoms with Gasteiger partial charge >= 0.3 is 0 Å². The van der Waals surface area contributed by atoms with Gasteiger partial charge in [-0.05, 0) is 31.0 Å². The predicted octanol–water partition coefficient (Wildman–Crippen LogP) is 2.49. The third-order valence-electron chi connectivity index (χ3n) is 4.28. The number of hydrogen-bond acceptors (Lipinski definition) is 5. The van der Waals surface area contributed by atoms with Gasteiger partial charge in [-0.15, -0.1) is 24.0 Å². The van der Waals surface area contributed by atoms with E-state index < -0.39 is 0 Å². The zero-order valence-electron chi connectivity index (χ0n) is 17.3. The highest BCUT2D eigenvalue weighted by Gasteiger charge is 2.10. The predicted molar refractivity (Wildman–Crippen MR) is 124 cm³/mol. The Bertz CT molecular complexity index is 581. The van der Waals surface area contributed by atoms with E-state index >= 15 is 0 Å². The standard InChI is InChI=1S/C20H34N4O3.HI/c1-4-12-27-18-7-6-17(15-19(18)25-3)16-23-20(21-5-2)22-8-9-24-10-13-26-14-11-24;/h6-7,15H,4-5,8-14,16H2,1-3H3,(H2,21,22,23);1H. The van der Waals surface area contributed by atoms with Crippen molar-refractivity contribution < 1.29 is 14.2 Å². The van der Waals surface area contributed by atoms with Gasteiger partial charge in [-0.25, -0.2) is 4.99 Å². The number of benzene rings is 1. The first-order valence-electron chi connectivity index (χ1n) is 9.88. The van der Waals surface area contributed by atoms with Crippen LogP contribution in [0.15, 0.2) is 23.2 Å². The SMILES string of the molecule is CCCOc1ccc(CN=C(NCC)NCCN2CCOCC2)cc1OC.I. The summed E-state index contributed by atoms with van der Waals surface area (Å²) in [5.74, 6) is 2.36. The van der Waals surface area contributed by atoms with Crippen LogP contribution >= 0.6 is 24.0 Å². The minimum absolute atomic E-state index is 0. The number of nitrogens with zero attached hydrogens (tertiary/aromatic N) is 2. The number of morpholine rings is 1. The second-order valence-electron chi connectivity index (χ2n) is 6.41. The summed E-state index contributed by atoms with van der Waals surface area (Å²) in [7, 11) is 1.67. The second kappa shape index (κ2) is 14.7. The second-order valence-corrected chi connectivity index (χ2v) is 6.41. The Morgan fingerprint density at radius 3 is 2.64 bits per heavy atom. The lowest BCUT2D eigenvalue weighted by Gasteiger charge is -2.26. The van der Waals surface area contributed by atoms with E-state index in [1.54, 1.807) is 7.11 Å². The van der Waals surface area contributed by atoms with E-state index in [0.29, 0.717) is 13.2 Å². The molecule has 7 nitrogen and oxygen atoms in total. The fourth-order valence-electron chi connectivity index (χ4n) is 2.81. The first-order valence-corrected chi connectivity index (χ1v) is 9.88. The van der Waals surface area contributed by atoms with Gasteiger partial charge in [0.25, 0.3) is 0 Å². The highest BCUT2D eigenvalue weighted by molar-refractivity contribution is 14.0. The van der Waals surface area contributed by atoms with Crippen molar-refractivity contribution >= 4 is 29.9 Å². The summed E-state index contributed by atoms with van der Waals surface area (Å²) in [6.07, 6.45) is 0.970. The van der Waals surface area contributed by atoms with Crippen LogP contribution in [0.1, 0.15) is 25.8 Å². The van der Waals surface area contributed by atoms with Crippen molar-refractivity contribution in [2.24, 2.45) is 4.99 Å². The van der Waals surface area contributed by atoms with Gasteiger partial charge in [0.05, 0.1) is 33.5 Å². The summed E-state index contributed by atoms with van der Waals surface area (Å²) < 4.78 is 16.5. The van der Waals surface area contributed by atoms with Crippen LogP contribution in [-0.4, -0.2) is 70.5 Å². The van der Waals surface area contributed by atoms with E-state index in [2.05, 4.69) is 34.4 Å². The largest absolute Gasteiger partial charge is 0.493 e. The van der Waals surface area contributed by atoms with Gasteiger partial charge in [-0.2, -0.15) is 0 Å². The minimum Gasteiger partial charge on any atom is -0.493 e. The Kier molecular flexibility index (Phi) is 13.0. The number of nitrogens with one attached hydrogen (secondary N) is 2. The highest BCUT2D eigenvalue weighted by atomic mass is 127. The lowest BCUT2D eigenvalue weighted by atomic mass is 10.2. The third-order valence-corrected chi connectivity index (χ3v) is 4.28. The molecule has 2 N–H and O–H groups in total. The normalized spacial score (nSPS) is 14.9. The van der Waals surface area contributed by atoms with Crippen LogP contribution in [0.25, 0.3) is 0 Å². The maximum absolute atomic E-state index is 5.71. The van der Waals surface area contributed by atoms with Crippen molar-refractivity contribution in [2.45, 2.75) is 26.8 Å². The van der Waals surface area contributed by atoms with E-state index in [0.717, 1.165) is 75.4 Å². The van der Waals surface area contributed by atoms with Gasteiger partial charge in [0.1, 0.15) is 0 Å². The molecule has 0 atom stereocenters. The number of hydrogen-bond donors (Lipinski definition) is 2. The highest BCUT2D eigenvalue weighted by Crippen LogP contribution is 2.28. The Hall–Kier alpha value is -1.26. The van der Waals surface area contributed by atoms with E-state index in [1.165, 1.54) is 0 Å². The summed E-state index contributed by atoms with van der Waals surface area (Å²) in [5, 5.41) is 6.70. The van der Waals surface area contributed by atoms with Gasteiger partial charge in [0.15, 0.2) is 17.5 Å². The number of ether oxygens (including phenoxy) is 3. The van der Waals surface area contributed by atoms with Crippen molar-refractivity contribution in [3.63, 3.8) is 0 Å². The van der Waals surface area contributed by atoms with E-state index in [1.807, 2.05) is 18.2 Å². The fraction of sp³-hybridized carbons (Fsp3) is 0.650. The number of halogens is 1. The summed E-state index contributed by atoms with van der Waals surface area (Å²) in [6, 6.07) is 5.98. The van der Waals surface area contributed by atoms with Crippen LogP contribution < -0.4 is 20.1 Å². The van der Waals surface area contributed by atoms with E-state index in [4.69, 9.17) is 14.2 Å². The molecule has 1 aromatic carbocycles. The Morgan fingerprint density at radius 2 is 1.96 bits per heavy atom. The molecule has 0 amide bonds. The molecular formula is C20H35IN4O3. The topological polar surface area (TPSA) is 67.4 Å². The quantitative estimate of drug-likeness (QED) is 0.289. The van der Waals surface area contributed by atoms with Gasteiger partial charge < -0.3 is 24.8 Å². The lowest BCUT2D eigenvalue weighted by molar-refractivity contribution is 0.0389. The van der Waals surface area contributed by atoms with Crippen molar-refractivity contribution in [3.8, 4) is 11.5 Å². The summed E-state index contributed by atoms with van der Waals surface area (Å²) >= 11 is 0. The van der Waals surface area contributed by atoms with Crippen LogP contribution in [0.4, 0.5) is 0 Å². The fourth-order valence-corrected chi connectivity index (χ4v) is 2.81. The molecule has 1 heterocycles. The molecule has 1 saturated heterocycles. The molecule has 0 saturated carbocycles. The number of rotatable bonds is 10. The molecule has 0 bridgehead atoms. The zero-order chi connectivity index (χ0) is 19.3. The minimum atomic E-state index is 0. The molecular weight excluding hydrogens is 471 g/mol. The summed E-state index contributed by atoms with van der Waals surface area (Å²) in [4.78, 5) is 7.09. The van der Waals surface area contributed by atoms with Crippen LogP contribution in [-0.2, 0) is 11.3 Å². The van der Waals surface area contributed by atoms with Gasteiger partial charge in [-0.1, -0.05) is 13.0 Å². The van der Waals surface area contributed by atoms with Crippen LogP contribution in [0.3, 0.4) is 0 Å².